The lowest BCUT2D eigenvalue weighted by Crippen LogP contribution is -2.43. The summed E-state index contributed by atoms with van der Waals surface area (Å²) in [5.74, 6) is 0.912. The minimum Gasteiger partial charge on any atom is -0.469 e. The molecule has 0 aromatic heterocycles. The molecule has 138 valence electrons. The first kappa shape index (κ1) is 19.2. The average molecular weight is 346 g/mol. The maximum atomic E-state index is 11.8. The molecule has 25 heavy (non-hydrogen) atoms. The maximum Gasteiger partial charge on any atom is 0.310 e. The number of rotatable bonds is 6. The van der Waals surface area contributed by atoms with Crippen LogP contribution in [0.15, 0.2) is 35.3 Å². The lowest BCUT2D eigenvalue weighted by Gasteiger charge is -2.23. The van der Waals surface area contributed by atoms with Crippen molar-refractivity contribution in [1.29, 1.82) is 0 Å². The van der Waals surface area contributed by atoms with Crippen LogP contribution in [0.2, 0.25) is 0 Å². The molecule has 2 atom stereocenters. The van der Waals surface area contributed by atoms with Crippen molar-refractivity contribution >= 4 is 11.9 Å². The molecule has 0 aliphatic carbocycles. The Balaban J connectivity index is 1.78. The van der Waals surface area contributed by atoms with Crippen molar-refractivity contribution in [3.63, 3.8) is 0 Å². The fourth-order valence-electron chi connectivity index (χ4n) is 3.26. The van der Waals surface area contributed by atoms with Gasteiger partial charge in [0.15, 0.2) is 5.96 Å². The van der Waals surface area contributed by atoms with Gasteiger partial charge in [-0.2, -0.15) is 0 Å². The minimum atomic E-state index is -0.131. The molecular formula is C19H30N4O2. The fraction of sp³-hybridized carbons (Fsp3) is 0.579. The second-order valence-electron chi connectivity index (χ2n) is 6.71. The fourth-order valence-corrected chi connectivity index (χ4v) is 3.26. The number of methoxy groups -OCH3 is 1. The third-order valence-electron chi connectivity index (χ3n) is 4.70. The quantitative estimate of drug-likeness (QED) is 0.480. The monoisotopic (exact) mass is 346 g/mol. The number of aliphatic imine (C=N–C) groups is 1. The van der Waals surface area contributed by atoms with Crippen LogP contribution < -0.4 is 5.32 Å². The van der Waals surface area contributed by atoms with Gasteiger partial charge in [0.2, 0.25) is 0 Å². The summed E-state index contributed by atoms with van der Waals surface area (Å²) in [4.78, 5) is 20.6. The summed E-state index contributed by atoms with van der Waals surface area (Å²) in [6.07, 6.45) is 0. The van der Waals surface area contributed by atoms with Crippen molar-refractivity contribution in [2.45, 2.75) is 13.5 Å². The highest BCUT2D eigenvalue weighted by molar-refractivity contribution is 5.82. The van der Waals surface area contributed by atoms with E-state index in [1.165, 1.54) is 12.7 Å². The van der Waals surface area contributed by atoms with Gasteiger partial charge in [0.25, 0.3) is 0 Å². The highest BCUT2D eigenvalue weighted by Gasteiger charge is 2.36. The van der Waals surface area contributed by atoms with E-state index in [0.29, 0.717) is 6.54 Å². The number of carbonyl (C=O) groups excluding carboxylic acids is 1. The van der Waals surface area contributed by atoms with Crippen LogP contribution in [0.4, 0.5) is 0 Å². The first-order valence-electron chi connectivity index (χ1n) is 8.81. The topological polar surface area (TPSA) is 57.2 Å². The summed E-state index contributed by atoms with van der Waals surface area (Å²) in [5.41, 5.74) is 1.31. The van der Waals surface area contributed by atoms with Crippen LogP contribution in [-0.2, 0) is 16.1 Å². The number of ether oxygens (including phenoxy) is 1. The average Bonchev–Trinajstić information content (AvgIpc) is 3.00. The zero-order chi connectivity index (χ0) is 18.2. The van der Waals surface area contributed by atoms with Crippen molar-refractivity contribution in [3.8, 4) is 0 Å². The predicted molar refractivity (Wildman–Crippen MR) is 100 cm³/mol. The molecule has 6 nitrogen and oxygen atoms in total. The van der Waals surface area contributed by atoms with E-state index >= 15 is 0 Å². The third-order valence-corrected chi connectivity index (χ3v) is 4.70. The number of carbonyl (C=O) groups is 1. The van der Waals surface area contributed by atoms with Gasteiger partial charge in [-0.15, -0.1) is 0 Å². The van der Waals surface area contributed by atoms with Gasteiger partial charge in [-0.25, -0.2) is 0 Å². The minimum absolute atomic E-state index is 0.0793. The van der Waals surface area contributed by atoms with Crippen LogP contribution in [-0.4, -0.2) is 69.1 Å². The van der Waals surface area contributed by atoms with E-state index in [2.05, 4.69) is 58.3 Å². The van der Waals surface area contributed by atoms with Crippen LogP contribution in [0.5, 0.6) is 0 Å². The highest BCUT2D eigenvalue weighted by atomic mass is 16.5. The lowest BCUT2D eigenvalue weighted by molar-refractivity contribution is -0.145. The molecule has 1 N–H and O–H groups in total. The molecule has 1 saturated heterocycles. The van der Waals surface area contributed by atoms with E-state index in [0.717, 1.165) is 32.1 Å². The molecule has 1 aromatic rings. The van der Waals surface area contributed by atoms with Gasteiger partial charge in [-0.1, -0.05) is 37.3 Å². The normalized spacial score (nSPS) is 20.8. The van der Waals surface area contributed by atoms with Crippen LogP contribution in [0.25, 0.3) is 0 Å². The molecule has 1 fully saturated rings. The Bertz CT molecular complexity index is 576. The molecule has 0 amide bonds. The number of nitrogens with one attached hydrogen (secondary N) is 1. The van der Waals surface area contributed by atoms with Crippen molar-refractivity contribution < 1.29 is 9.53 Å². The van der Waals surface area contributed by atoms with E-state index < -0.39 is 0 Å². The molecule has 0 spiro atoms. The Hall–Kier alpha value is -2.08. The van der Waals surface area contributed by atoms with Crippen molar-refractivity contribution in [2.75, 3.05) is 47.4 Å². The Morgan fingerprint density at radius 3 is 2.72 bits per heavy atom. The first-order valence-corrected chi connectivity index (χ1v) is 8.81. The van der Waals surface area contributed by atoms with Gasteiger partial charge in [-0.05, 0) is 18.5 Å². The van der Waals surface area contributed by atoms with E-state index in [9.17, 15) is 4.79 Å². The zero-order valence-corrected chi connectivity index (χ0v) is 15.7. The zero-order valence-electron chi connectivity index (χ0n) is 15.7. The molecule has 1 heterocycles. The Morgan fingerprint density at radius 2 is 2.08 bits per heavy atom. The van der Waals surface area contributed by atoms with Crippen LogP contribution >= 0.6 is 0 Å². The van der Waals surface area contributed by atoms with Gasteiger partial charge in [-0.3, -0.25) is 9.79 Å². The van der Waals surface area contributed by atoms with Gasteiger partial charge in [0, 0.05) is 39.8 Å². The molecular weight excluding hydrogens is 316 g/mol. The highest BCUT2D eigenvalue weighted by Crippen LogP contribution is 2.23. The smallest absolute Gasteiger partial charge is 0.310 e. The van der Waals surface area contributed by atoms with Crippen molar-refractivity contribution in [2.24, 2.45) is 16.8 Å². The second kappa shape index (κ2) is 9.42. The summed E-state index contributed by atoms with van der Waals surface area (Å²) in [6.45, 7) is 6.21. The molecule has 1 aromatic carbocycles. The number of hydrogen-bond donors (Lipinski definition) is 1. The van der Waals surface area contributed by atoms with Crippen LogP contribution in [0.3, 0.4) is 0 Å². The van der Waals surface area contributed by atoms with Gasteiger partial charge < -0.3 is 19.9 Å². The molecule has 0 radical (unpaired) electrons. The van der Waals surface area contributed by atoms with E-state index in [-0.39, 0.29) is 17.8 Å². The summed E-state index contributed by atoms with van der Waals surface area (Å²) in [7, 11) is 5.35. The number of nitrogens with zero attached hydrogens (tertiary/aromatic N) is 3. The summed E-state index contributed by atoms with van der Waals surface area (Å²) < 4.78 is 4.90. The molecule has 0 saturated carbocycles. The predicted octanol–water partition coefficient (Wildman–Crippen LogP) is 1.43. The molecule has 6 heteroatoms. The number of hydrogen-bond acceptors (Lipinski definition) is 4. The molecule has 2 rings (SSSR count). The molecule has 1 aliphatic heterocycles. The summed E-state index contributed by atoms with van der Waals surface area (Å²) >= 11 is 0. The van der Waals surface area contributed by atoms with Crippen molar-refractivity contribution in [3.05, 3.63) is 35.9 Å². The standard InChI is InChI=1S/C19H30N4O2/c1-15-12-23(14-17(15)18(24)25-4)19(20-2)21-10-11-22(3)13-16-8-6-5-7-9-16/h5-9,15,17H,10-14H2,1-4H3,(H,20,21). The third kappa shape index (κ3) is 5.46. The van der Waals surface area contributed by atoms with Crippen LogP contribution in [0, 0.1) is 11.8 Å². The van der Waals surface area contributed by atoms with Gasteiger partial charge in [0.1, 0.15) is 0 Å². The van der Waals surface area contributed by atoms with Gasteiger partial charge in [0.05, 0.1) is 13.0 Å². The number of likely N-dealkylation sites (N-methyl/N-ethyl adjacent to an activating group) is 1. The van der Waals surface area contributed by atoms with E-state index in [1.54, 1.807) is 7.05 Å². The Kier molecular flexibility index (Phi) is 7.25. The lowest BCUT2D eigenvalue weighted by atomic mass is 9.99. The molecule has 1 aliphatic rings. The number of esters is 1. The van der Waals surface area contributed by atoms with Crippen LogP contribution in [0.1, 0.15) is 12.5 Å². The number of likely N-dealkylation sites (tertiary alicyclic amines) is 1. The maximum absolute atomic E-state index is 11.8. The molecule has 2 unspecified atom stereocenters. The number of guanidine groups is 1. The second-order valence-corrected chi connectivity index (χ2v) is 6.71. The Labute approximate surface area is 150 Å². The first-order chi connectivity index (χ1) is 12.0. The number of benzene rings is 1. The summed E-state index contributed by atoms with van der Waals surface area (Å²) in [5, 5.41) is 3.41. The van der Waals surface area contributed by atoms with Crippen molar-refractivity contribution in [1.82, 2.24) is 15.1 Å². The Morgan fingerprint density at radius 1 is 1.36 bits per heavy atom. The summed E-state index contributed by atoms with van der Waals surface area (Å²) in [6, 6.07) is 10.4. The SMILES string of the molecule is CN=C(NCCN(C)Cc1ccccc1)N1CC(C)C(C(=O)OC)C1. The van der Waals surface area contributed by atoms with E-state index in [4.69, 9.17) is 4.74 Å². The molecule has 0 bridgehead atoms. The largest absolute Gasteiger partial charge is 0.469 e. The van der Waals surface area contributed by atoms with E-state index in [1.807, 2.05) is 6.07 Å². The van der Waals surface area contributed by atoms with Gasteiger partial charge >= 0.3 is 5.97 Å².